The largest absolute Gasteiger partial charge is 0.395 e. The number of carbonyl (C=O) groups excluding carboxylic acids is 1. The first-order valence-corrected chi connectivity index (χ1v) is 6.52. The molecule has 2 heterocycles. The van der Waals surface area contributed by atoms with E-state index in [0.29, 0.717) is 24.1 Å². The molecule has 0 aliphatic carbocycles. The highest BCUT2D eigenvalue weighted by atomic mass is 16.2. The van der Waals surface area contributed by atoms with Gasteiger partial charge in [-0.3, -0.25) is 14.8 Å². The second-order valence-electron chi connectivity index (χ2n) is 4.24. The van der Waals surface area contributed by atoms with E-state index in [1.54, 1.807) is 30.9 Å². The quantitative estimate of drug-likeness (QED) is 0.824. The molecule has 2 aromatic heterocycles. The molecule has 2 N–H and O–H groups in total. The van der Waals surface area contributed by atoms with Crippen LogP contribution >= 0.6 is 0 Å². The minimum Gasteiger partial charge on any atom is -0.395 e. The summed E-state index contributed by atoms with van der Waals surface area (Å²) in [6, 6.07) is 5.34. The Labute approximate surface area is 123 Å². The van der Waals surface area contributed by atoms with Crippen molar-refractivity contribution in [3.8, 4) is 11.8 Å². The van der Waals surface area contributed by atoms with Crippen LogP contribution < -0.4 is 5.32 Å². The summed E-state index contributed by atoms with van der Waals surface area (Å²) in [6.45, 7) is 0.397. The Morgan fingerprint density at radius 2 is 2.10 bits per heavy atom. The van der Waals surface area contributed by atoms with Crippen molar-refractivity contribution in [2.75, 3.05) is 6.61 Å². The highest BCUT2D eigenvalue weighted by Crippen LogP contribution is 2.06. The summed E-state index contributed by atoms with van der Waals surface area (Å²) in [5, 5.41) is 11.6. The smallest absolute Gasteiger partial charge is 0.252 e. The van der Waals surface area contributed by atoms with E-state index in [1.165, 1.54) is 0 Å². The maximum atomic E-state index is 12.2. The Morgan fingerprint density at radius 1 is 1.24 bits per heavy atom. The van der Waals surface area contributed by atoms with Gasteiger partial charge in [0.2, 0.25) is 0 Å². The topological polar surface area (TPSA) is 75.1 Å². The van der Waals surface area contributed by atoms with Gasteiger partial charge >= 0.3 is 0 Å². The van der Waals surface area contributed by atoms with Gasteiger partial charge in [0.05, 0.1) is 17.7 Å². The highest BCUT2D eigenvalue weighted by Gasteiger charge is 2.09. The predicted molar refractivity (Wildman–Crippen MR) is 78.2 cm³/mol. The van der Waals surface area contributed by atoms with Gasteiger partial charge in [0, 0.05) is 37.8 Å². The molecule has 106 valence electrons. The van der Waals surface area contributed by atoms with Crippen LogP contribution in [0.5, 0.6) is 0 Å². The van der Waals surface area contributed by atoms with Crippen LogP contribution in [-0.4, -0.2) is 27.6 Å². The van der Waals surface area contributed by atoms with Crippen molar-refractivity contribution < 1.29 is 9.90 Å². The first kappa shape index (κ1) is 14.7. The molecule has 1 amide bonds. The Bertz CT molecular complexity index is 660. The van der Waals surface area contributed by atoms with Gasteiger partial charge in [-0.15, -0.1) is 0 Å². The van der Waals surface area contributed by atoms with E-state index in [4.69, 9.17) is 5.11 Å². The van der Waals surface area contributed by atoms with Crippen molar-refractivity contribution in [2.24, 2.45) is 0 Å². The third-order valence-corrected chi connectivity index (χ3v) is 2.70. The summed E-state index contributed by atoms with van der Waals surface area (Å²) in [7, 11) is 0. The number of aliphatic hydroxyl groups excluding tert-OH is 1. The van der Waals surface area contributed by atoms with Crippen LogP contribution in [0.15, 0.2) is 43.0 Å². The van der Waals surface area contributed by atoms with E-state index < -0.39 is 0 Å². The van der Waals surface area contributed by atoms with E-state index in [-0.39, 0.29) is 12.5 Å². The number of amides is 1. The van der Waals surface area contributed by atoms with Gasteiger partial charge in [-0.2, -0.15) is 0 Å². The summed E-state index contributed by atoms with van der Waals surface area (Å²) in [5.41, 5.74) is 1.95. The summed E-state index contributed by atoms with van der Waals surface area (Å²) >= 11 is 0. The minimum atomic E-state index is -0.213. The molecule has 0 saturated carbocycles. The van der Waals surface area contributed by atoms with Crippen LogP contribution in [0.1, 0.15) is 27.9 Å². The summed E-state index contributed by atoms with van der Waals surface area (Å²) < 4.78 is 0. The molecule has 0 saturated heterocycles. The lowest BCUT2D eigenvalue weighted by Crippen LogP contribution is -2.23. The molecule has 2 rings (SSSR count). The molecule has 0 bridgehead atoms. The molecule has 21 heavy (non-hydrogen) atoms. The van der Waals surface area contributed by atoms with E-state index in [9.17, 15) is 4.79 Å². The second kappa shape index (κ2) is 7.78. The lowest BCUT2D eigenvalue weighted by atomic mass is 10.1. The molecule has 0 fully saturated rings. The highest BCUT2D eigenvalue weighted by molar-refractivity contribution is 5.96. The third kappa shape index (κ3) is 4.41. The van der Waals surface area contributed by atoms with Gasteiger partial charge in [-0.25, -0.2) is 0 Å². The molecule has 0 unspecified atom stereocenters. The summed E-state index contributed by atoms with van der Waals surface area (Å²) in [6.07, 6.45) is 6.85. The van der Waals surface area contributed by atoms with E-state index in [1.807, 2.05) is 12.1 Å². The zero-order valence-corrected chi connectivity index (χ0v) is 11.4. The number of carbonyl (C=O) groups is 1. The van der Waals surface area contributed by atoms with Crippen molar-refractivity contribution in [2.45, 2.75) is 13.0 Å². The van der Waals surface area contributed by atoms with Gasteiger partial charge in [0.15, 0.2) is 0 Å². The number of nitrogens with zero attached hydrogens (tertiary/aromatic N) is 2. The average molecular weight is 281 g/mol. The summed E-state index contributed by atoms with van der Waals surface area (Å²) in [4.78, 5) is 20.2. The molecule has 5 nitrogen and oxygen atoms in total. The van der Waals surface area contributed by atoms with Crippen molar-refractivity contribution in [3.05, 3.63) is 59.7 Å². The Hall–Kier alpha value is -2.71. The standard InChI is InChI=1S/C16H15N3O2/c20-9-2-1-5-14-12-18-8-6-15(14)16(21)19-11-13-4-3-7-17-10-13/h3-4,6-8,10,12,20H,2,9,11H2,(H,19,21). The monoisotopic (exact) mass is 281 g/mol. The van der Waals surface area contributed by atoms with Gasteiger partial charge in [-0.05, 0) is 17.7 Å². The van der Waals surface area contributed by atoms with Crippen molar-refractivity contribution in [3.63, 3.8) is 0 Å². The Kier molecular flexibility index (Phi) is 5.44. The molecule has 0 aliphatic heterocycles. The van der Waals surface area contributed by atoms with E-state index in [0.717, 1.165) is 5.56 Å². The van der Waals surface area contributed by atoms with Crippen LogP contribution in [0.4, 0.5) is 0 Å². The van der Waals surface area contributed by atoms with Crippen LogP contribution in [0.25, 0.3) is 0 Å². The van der Waals surface area contributed by atoms with Crippen LogP contribution in [0.3, 0.4) is 0 Å². The molecule has 0 radical (unpaired) electrons. The zero-order valence-electron chi connectivity index (χ0n) is 11.4. The first-order valence-electron chi connectivity index (χ1n) is 6.52. The second-order valence-corrected chi connectivity index (χ2v) is 4.24. The van der Waals surface area contributed by atoms with Crippen LogP contribution in [0, 0.1) is 11.8 Å². The fraction of sp³-hybridized carbons (Fsp3) is 0.188. The van der Waals surface area contributed by atoms with Crippen molar-refractivity contribution in [1.29, 1.82) is 0 Å². The Morgan fingerprint density at radius 3 is 2.86 bits per heavy atom. The van der Waals surface area contributed by atoms with Gasteiger partial charge in [0.25, 0.3) is 5.91 Å². The lowest BCUT2D eigenvalue weighted by Gasteiger charge is -2.06. The number of aliphatic hydroxyl groups is 1. The third-order valence-electron chi connectivity index (χ3n) is 2.70. The Balaban J connectivity index is 2.07. The molecule has 0 atom stereocenters. The fourth-order valence-corrected chi connectivity index (χ4v) is 1.69. The van der Waals surface area contributed by atoms with Gasteiger partial charge in [-0.1, -0.05) is 17.9 Å². The normalized spacial score (nSPS) is 9.57. The van der Waals surface area contributed by atoms with E-state index >= 15 is 0 Å². The molecule has 0 aromatic carbocycles. The maximum Gasteiger partial charge on any atom is 0.252 e. The number of rotatable bonds is 4. The molecular formula is C16H15N3O2. The van der Waals surface area contributed by atoms with Gasteiger partial charge < -0.3 is 10.4 Å². The number of pyridine rings is 2. The first-order chi connectivity index (χ1) is 10.3. The van der Waals surface area contributed by atoms with Crippen molar-refractivity contribution in [1.82, 2.24) is 15.3 Å². The molecule has 0 aliphatic rings. The fourth-order valence-electron chi connectivity index (χ4n) is 1.69. The maximum absolute atomic E-state index is 12.2. The molecule has 2 aromatic rings. The zero-order chi connectivity index (χ0) is 14.9. The van der Waals surface area contributed by atoms with Crippen LogP contribution in [0.2, 0.25) is 0 Å². The lowest BCUT2D eigenvalue weighted by molar-refractivity contribution is 0.0950. The minimum absolute atomic E-state index is 0.00417. The SMILES string of the molecule is O=C(NCc1cccnc1)c1ccncc1C#CCCO. The summed E-state index contributed by atoms with van der Waals surface area (Å²) in [5.74, 6) is 5.42. The molecular weight excluding hydrogens is 266 g/mol. The van der Waals surface area contributed by atoms with E-state index in [2.05, 4.69) is 27.1 Å². The van der Waals surface area contributed by atoms with Crippen LogP contribution in [-0.2, 0) is 6.54 Å². The van der Waals surface area contributed by atoms with Crippen molar-refractivity contribution >= 4 is 5.91 Å². The number of hydrogen-bond donors (Lipinski definition) is 2. The molecule has 0 spiro atoms. The predicted octanol–water partition coefficient (Wildman–Crippen LogP) is 1.14. The molecule has 5 heteroatoms. The number of nitrogens with one attached hydrogen (secondary N) is 1. The average Bonchev–Trinajstić information content (AvgIpc) is 2.54. The number of aromatic nitrogens is 2. The number of hydrogen-bond acceptors (Lipinski definition) is 4. The van der Waals surface area contributed by atoms with Gasteiger partial charge in [0.1, 0.15) is 0 Å².